The van der Waals surface area contributed by atoms with Gasteiger partial charge in [0.2, 0.25) is 0 Å². The quantitative estimate of drug-likeness (QED) is 0.121. The van der Waals surface area contributed by atoms with E-state index < -0.39 is 0 Å². The molecular weight excluding hydrogens is 1020 g/mol. The molecule has 0 atom stereocenters. The number of fused-ring (bicyclic) bond motifs is 3. The van der Waals surface area contributed by atoms with Gasteiger partial charge in [-0.1, -0.05) is 6.07 Å². The van der Waals surface area contributed by atoms with Gasteiger partial charge >= 0.3 is 463 Å². The molecule has 0 radical (unpaired) electrons. The van der Waals surface area contributed by atoms with Crippen molar-refractivity contribution in [2.75, 3.05) is 0 Å². The normalized spacial score (nSPS) is 11.3. The van der Waals surface area contributed by atoms with Gasteiger partial charge in [-0.2, -0.15) is 0 Å². The Balaban J connectivity index is 1.31. The Labute approximate surface area is 466 Å². The van der Waals surface area contributed by atoms with E-state index in [1.54, 1.807) is 0 Å². The molecule has 0 unspecified atom stereocenters. The molecule has 14 rings (SSSR count). The molecule has 12 aromatic carbocycles. The number of benzene rings is 12. The van der Waals surface area contributed by atoms with Crippen LogP contribution in [-0.2, 0) is 0 Å². The summed E-state index contributed by atoms with van der Waals surface area (Å²) >= 11 is 0.0654. The monoisotopic (exact) mass is 1070 g/mol. The molecule has 14 aromatic rings. The fourth-order valence-electron chi connectivity index (χ4n) is 11.8. The Kier molecular flexibility index (Phi) is 12.6. The van der Waals surface area contributed by atoms with E-state index in [0.717, 1.165) is 123 Å². The molecule has 0 N–H and O–H groups in total. The maximum absolute atomic E-state index is 5.52. The molecule has 0 aliphatic carbocycles. The van der Waals surface area contributed by atoms with Crippen LogP contribution in [0.5, 0.6) is 0 Å². The molecule has 2 aromatic heterocycles. The second-order valence-corrected chi connectivity index (χ2v) is 22.0. The molecular formula is C75H49N3Se. The van der Waals surface area contributed by atoms with Crippen molar-refractivity contribution >= 4 is 33.8 Å². The Hall–Kier alpha value is -9.83. The second-order valence-electron chi connectivity index (χ2n) is 19.7. The van der Waals surface area contributed by atoms with Gasteiger partial charge in [0.15, 0.2) is 0 Å². The van der Waals surface area contributed by atoms with Crippen molar-refractivity contribution in [1.82, 2.24) is 15.4 Å². The van der Waals surface area contributed by atoms with Crippen LogP contribution >= 0.6 is 0 Å². The predicted molar refractivity (Wildman–Crippen MR) is 332 cm³/mol. The number of hydrogen-bond donors (Lipinski definition) is 0. The summed E-state index contributed by atoms with van der Waals surface area (Å²) in [6, 6.07) is 108. The molecule has 0 saturated carbocycles. The van der Waals surface area contributed by atoms with Crippen LogP contribution in [0.15, 0.2) is 297 Å². The summed E-state index contributed by atoms with van der Waals surface area (Å²) in [5.41, 5.74) is 22.9. The zero-order valence-corrected chi connectivity index (χ0v) is 44.8. The van der Waals surface area contributed by atoms with Crippen LogP contribution in [0.4, 0.5) is 0 Å². The topological polar surface area (TPSA) is 38.7 Å². The first-order chi connectivity index (χ1) is 39.3. The van der Waals surface area contributed by atoms with E-state index in [1.165, 1.54) is 19.3 Å². The van der Waals surface area contributed by atoms with Gasteiger partial charge in [0.1, 0.15) is 0 Å². The molecule has 3 nitrogen and oxygen atoms in total. The first-order valence-electron chi connectivity index (χ1n) is 26.8. The zero-order chi connectivity index (χ0) is 52.5. The van der Waals surface area contributed by atoms with Crippen molar-refractivity contribution in [2.24, 2.45) is 0 Å². The van der Waals surface area contributed by atoms with Gasteiger partial charge in [0, 0.05) is 0 Å². The minimum absolute atomic E-state index is 0.0654. The average Bonchev–Trinajstić information content (AvgIpc) is 3.67. The van der Waals surface area contributed by atoms with E-state index in [2.05, 4.69) is 297 Å². The van der Waals surface area contributed by atoms with Crippen LogP contribution in [0.25, 0.3) is 142 Å². The third kappa shape index (κ3) is 8.61. The van der Waals surface area contributed by atoms with Gasteiger partial charge in [-0.15, -0.1) is 0 Å². The number of hydrogen-bond acceptors (Lipinski definition) is 3. The van der Waals surface area contributed by atoms with E-state index in [9.17, 15) is 0 Å². The molecule has 79 heavy (non-hydrogen) atoms. The second kappa shape index (κ2) is 20.9. The van der Waals surface area contributed by atoms with Crippen molar-refractivity contribution in [3.8, 4) is 123 Å². The van der Waals surface area contributed by atoms with Gasteiger partial charge in [0.05, 0.1) is 0 Å². The Morgan fingerprint density at radius 2 is 0.532 bits per heavy atom. The molecule has 0 bridgehead atoms. The summed E-state index contributed by atoms with van der Waals surface area (Å²) in [5, 5.41) is 18.1. The van der Waals surface area contributed by atoms with Crippen molar-refractivity contribution in [3.05, 3.63) is 297 Å². The molecule has 0 aliphatic heterocycles. The van der Waals surface area contributed by atoms with Crippen LogP contribution in [0, 0.1) is 0 Å². The molecule has 4 heteroatoms. The molecule has 0 spiro atoms. The minimum atomic E-state index is 0.0654. The predicted octanol–water partition coefficient (Wildman–Crippen LogP) is 19.6. The van der Waals surface area contributed by atoms with Crippen LogP contribution in [0.2, 0.25) is 0 Å². The standard InChI is InChI=1S/C75H49N3Se/c1-7-28-50(29-8-1)56-40-19-22-43-59(56)69-66(53-34-13-4-14-35-53)67(54-36-15-5-16-37-54)73(75-72(74(76-78-77-75)55-38-17-6-18-39-55)61-45-24-21-42-58(61)52-32-11-3-12-33-52)71(63-47-27-49-65-68(63)62-46-25-26-48-64(62)79-65)70(69)60-44-23-20-41-57(60)51-30-9-2-10-31-51/h1-49H. The van der Waals surface area contributed by atoms with Crippen LogP contribution in [-0.4, -0.2) is 29.9 Å². The van der Waals surface area contributed by atoms with Crippen molar-refractivity contribution in [3.63, 3.8) is 0 Å². The Bertz CT molecular complexity index is 4500. The summed E-state index contributed by atoms with van der Waals surface area (Å²) in [6.45, 7) is 0. The van der Waals surface area contributed by atoms with E-state index >= 15 is 0 Å². The van der Waals surface area contributed by atoms with E-state index in [-0.39, 0.29) is 14.5 Å². The van der Waals surface area contributed by atoms with Crippen LogP contribution in [0.1, 0.15) is 0 Å². The van der Waals surface area contributed by atoms with Gasteiger partial charge in [-0.3, -0.25) is 0 Å². The van der Waals surface area contributed by atoms with Gasteiger partial charge in [-0.05, 0) is 0 Å². The van der Waals surface area contributed by atoms with Gasteiger partial charge in [-0.25, -0.2) is 0 Å². The molecule has 0 aliphatic rings. The molecule has 370 valence electrons. The van der Waals surface area contributed by atoms with Crippen molar-refractivity contribution in [1.29, 1.82) is 0 Å². The van der Waals surface area contributed by atoms with Gasteiger partial charge < -0.3 is 0 Å². The average molecular weight is 1070 g/mol. The van der Waals surface area contributed by atoms with E-state index in [0.29, 0.717) is 0 Å². The van der Waals surface area contributed by atoms with Crippen LogP contribution in [0.3, 0.4) is 0 Å². The Morgan fingerprint density at radius 3 is 1.03 bits per heavy atom. The van der Waals surface area contributed by atoms with Crippen molar-refractivity contribution in [2.45, 2.75) is 0 Å². The number of nitrogens with zero attached hydrogens (tertiary/aromatic N) is 3. The maximum atomic E-state index is 5.52. The summed E-state index contributed by atoms with van der Waals surface area (Å²) in [4.78, 5) is 0. The molecule has 2 heterocycles. The summed E-state index contributed by atoms with van der Waals surface area (Å²) in [5.74, 6) is 0. The molecule has 0 amide bonds. The fraction of sp³-hybridized carbons (Fsp3) is 0. The first-order valence-corrected chi connectivity index (χ1v) is 28.5. The summed E-state index contributed by atoms with van der Waals surface area (Å²) in [6.07, 6.45) is 0. The first kappa shape index (κ1) is 47.6. The third-order valence-electron chi connectivity index (χ3n) is 15.2. The molecule has 0 saturated heterocycles. The molecule has 0 fully saturated rings. The van der Waals surface area contributed by atoms with E-state index in [1.807, 2.05) is 0 Å². The SMILES string of the molecule is c1ccc(-c2ccccc2-c2c(-c3ccccc3)nnnc2-c2c(-c3ccccc3)c(-c3ccccc3)c(-c3ccccc3-c3ccccc3)c(-c3ccccc3-c3ccccc3)c2-c2cccc3[se]c4ccccc4c23)cc1. The third-order valence-corrected chi connectivity index (χ3v) is 17.6. The number of aromatic nitrogens is 3. The van der Waals surface area contributed by atoms with Gasteiger partial charge in [0.25, 0.3) is 0 Å². The number of rotatable bonds is 11. The van der Waals surface area contributed by atoms with Crippen molar-refractivity contribution < 1.29 is 0 Å². The van der Waals surface area contributed by atoms with E-state index in [4.69, 9.17) is 15.4 Å². The Morgan fingerprint density at radius 1 is 0.203 bits per heavy atom. The van der Waals surface area contributed by atoms with Crippen LogP contribution < -0.4 is 0 Å². The summed E-state index contributed by atoms with van der Waals surface area (Å²) < 4.78 is 2.72. The fourth-order valence-corrected chi connectivity index (χ4v) is 14.2. The zero-order valence-electron chi connectivity index (χ0n) is 43.0. The summed E-state index contributed by atoms with van der Waals surface area (Å²) in [7, 11) is 0.